The van der Waals surface area contributed by atoms with Gasteiger partial charge in [0, 0.05) is 6.04 Å². The Bertz CT molecular complexity index is 865. The highest BCUT2D eigenvalue weighted by atomic mass is 16.3. The van der Waals surface area contributed by atoms with Crippen LogP contribution in [0.3, 0.4) is 0 Å². The minimum Gasteiger partial charge on any atom is -0.508 e. The molecule has 1 aliphatic heterocycles. The van der Waals surface area contributed by atoms with Gasteiger partial charge in [-0.3, -0.25) is 15.1 Å². The molecule has 9 heteroatoms. The summed E-state index contributed by atoms with van der Waals surface area (Å²) in [5, 5.41) is 15.2. The van der Waals surface area contributed by atoms with Gasteiger partial charge in [0.1, 0.15) is 11.6 Å². The molecular weight excluding hydrogens is 346 g/mol. The number of nitrogens with one attached hydrogen (secondary N) is 2. The number of nitrogen functional groups attached to an aromatic ring is 2. The Labute approximate surface area is 156 Å². The summed E-state index contributed by atoms with van der Waals surface area (Å²) in [5.74, 6) is 0.393. The summed E-state index contributed by atoms with van der Waals surface area (Å²) in [7, 11) is 0. The lowest BCUT2D eigenvalue weighted by molar-refractivity contribution is 0.0971. The van der Waals surface area contributed by atoms with Crippen molar-refractivity contribution in [3.63, 3.8) is 0 Å². The minimum atomic E-state index is -0.473. The Kier molecular flexibility index (Phi) is 5.39. The number of carbonyl (C=O) groups excluding carboxylic acids is 1. The molecule has 142 valence electrons. The fraction of sp³-hybridized carbons (Fsp3) is 0.333. The van der Waals surface area contributed by atoms with Gasteiger partial charge in [-0.1, -0.05) is 12.1 Å². The van der Waals surface area contributed by atoms with Gasteiger partial charge in [-0.05, 0) is 43.9 Å². The first-order chi connectivity index (χ1) is 12.9. The number of rotatable bonds is 5. The van der Waals surface area contributed by atoms with Gasteiger partial charge in [-0.25, -0.2) is 9.97 Å². The van der Waals surface area contributed by atoms with Crippen LogP contribution in [0.1, 0.15) is 34.6 Å². The number of hydrogen-bond acceptors (Lipinski definition) is 8. The number of aromatic hydroxyl groups is 1. The van der Waals surface area contributed by atoms with Crippen molar-refractivity contribution in [3.05, 3.63) is 41.2 Å². The number of benzene rings is 1. The quantitative estimate of drug-likeness (QED) is 0.521. The highest BCUT2D eigenvalue weighted by Crippen LogP contribution is 2.14. The standard InChI is InChI=1S/C18H23N7O2/c1-10-15(19)24-16(20)14(22-10)17(27)25-18-21-9-12(23-18)4-2-3-11-5-7-13(26)8-6-11/h5-8,12,26H,2-4,9H2,1H3,(H4,19,20,24)(H2,21,23,25,27)/t12-/m0/s1. The molecule has 0 saturated heterocycles. The third-order valence-corrected chi connectivity index (χ3v) is 4.35. The molecule has 0 radical (unpaired) electrons. The van der Waals surface area contributed by atoms with E-state index in [-0.39, 0.29) is 29.1 Å². The number of phenolic OH excluding ortho intramolecular Hbond substituents is 1. The molecule has 2 heterocycles. The van der Waals surface area contributed by atoms with E-state index in [0.717, 1.165) is 19.3 Å². The van der Waals surface area contributed by atoms with Crippen LogP contribution in [-0.2, 0) is 6.42 Å². The Hall–Kier alpha value is -3.36. The van der Waals surface area contributed by atoms with Crippen LogP contribution >= 0.6 is 0 Å². The number of nitrogens with zero attached hydrogens (tertiary/aromatic N) is 3. The maximum atomic E-state index is 12.3. The number of hydrogen-bond donors (Lipinski definition) is 5. The van der Waals surface area contributed by atoms with Gasteiger partial charge in [-0.2, -0.15) is 0 Å². The summed E-state index contributed by atoms with van der Waals surface area (Å²) < 4.78 is 0. The van der Waals surface area contributed by atoms with Crippen molar-refractivity contribution in [2.45, 2.75) is 32.2 Å². The molecule has 0 aliphatic carbocycles. The van der Waals surface area contributed by atoms with E-state index in [1.807, 2.05) is 12.1 Å². The molecule has 1 aromatic carbocycles. The average molecular weight is 369 g/mol. The Morgan fingerprint density at radius 1 is 1.26 bits per heavy atom. The number of guanidine groups is 1. The fourth-order valence-corrected chi connectivity index (χ4v) is 2.82. The van der Waals surface area contributed by atoms with Crippen LogP contribution in [0, 0.1) is 6.92 Å². The number of anilines is 2. The van der Waals surface area contributed by atoms with E-state index in [9.17, 15) is 9.90 Å². The molecule has 0 unspecified atom stereocenters. The van der Waals surface area contributed by atoms with E-state index in [1.165, 1.54) is 5.56 Å². The van der Waals surface area contributed by atoms with E-state index in [4.69, 9.17) is 11.5 Å². The largest absolute Gasteiger partial charge is 0.508 e. The van der Waals surface area contributed by atoms with Crippen LogP contribution in [0.2, 0.25) is 0 Å². The van der Waals surface area contributed by atoms with Crippen molar-refractivity contribution in [1.29, 1.82) is 0 Å². The molecule has 0 saturated carbocycles. The molecular formula is C18H23N7O2. The zero-order chi connectivity index (χ0) is 19.4. The van der Waals surface area contributed by atoms with Crippen LogP contribution < -0.4 is 22.1 Å². The molecule has 9 nitrogen and oxygen atoms in total. The summed E-state index contributed by atoms with van der Waals surface area (Å²) in [6, 6.07) is 7.37. The second-order valence-electron chi connectivity index (χ2n) is 6.47. The van der Waals surface area contributed by atoms with Crippen LogP contribution in [-0.4, -0.2) is 39.5 Å². The Morgan fingerprint density at radius 2 is 2.00 bits per heavy atom. The zero-order valence-corrected chi connectivity index (χ0v) is 15.1. The summed E-state index contributed by atoms with van der Waals surface area (Å²) in [5.41, 5.74) is 13.0. The van der Waals surface area contributed by atoms with E-state index in [1.54, 1.807) is 19.1 Å². The second-order valence-corrected chi connectivity index (χ2v) is 6.47. The third-order valence-electron chi connectivity index (χ3n) is 4.35. The molecule has 1 amide bonds. The molecule has 27 heavy (non-hydrogen) atoms. The first-order valence-electron chi connectivity index (χ1n) is 8.72. The number of amides is 1. The van der Waals surface area contributed by atoms with Crippen molar-refractivity contribution >= 4 is 23.5 Å². The summed E-state index contributed by atoms with van der Waals surface area (Å²) in [4.78, 5) is 24.7. The Balaban J connectivity index is 1.47. The summed E-state index contributed by atoms with van der Waals surface area (Å²) >= 11 is 0. The molecule has 1 aliphatic rings. The molecule has 3 rings (SSSR count). The van der Waals surface area contributed by atoms with Gasteiger partial charge < -0.3 is 21.9 Å². The van der Waals surface area contributed by atoms with Crippen molar-refractivity contribution in [2.24, 2.45) is 4.99 Å². The zero-order valence-electron chi connectivity index (χ0n) is 15.1. The molecule has 7 N–H and O–H groups in total. The predicted molar refractivity (Wildman–Crippen MR) is 103 cm³/mol. The maximum absolute atomic E-state index is 12.3. The Morgan fingerprint density at radius 3 is 2.74 bits per heavy atom. The van der Waals surface area contributed by atoms with E-state index < -0.39 is 5.91 Å². The monoisotopic (exact) mass is 369 g/mol. The van der Waals surface area contributed by atoms with Crippen LogP contribution in [0.25, 0.3) is 0 Å². The molecule has 0 spiro atoms. The van der Waals surface area contributed by atoms with Gasteiger partial charge in [0.15, 0.2) is 17.5 Å². The highest BCUT2D eigenvalue weighted by Gasteiger charge is 2.21. The van der Waals surface area contributed by atoms with E-state index in [2.05, 4.69) is 25.6 Å². The van der Waals surface area contributed by atoms with Gasteiger partial charge in [0.25, 0.3) is 5.91 Å². The molecule has 0 fully saturated rings. The number of aryl methyl sites for hydroxylation is 2. The SMILES string of the molecule is Cc1nc(C(=O)NC2=NC[C@H](CCCc3ccc(O)cc3)N2)c(N)nc1N. The molecule has 1 aromatic heterocycles. The number of carbonyl (C=O) groups is 1. The van der Waals surface area contributed by atoms with Crippen LogP contribution in [0.4, 0.5) is 11.6 Å². The predicted octanol–water partition coefficient (Wildman–Crippen LogP) is 0.736. The maximum Gasteiger partial charge on any atom is 0.280 e. The number of nitrogens with two attached hydrogens (primary N) is 2. The topological polar surface area (TPSA) is 152 Å². The molecule has 2 aromatic rings. The number of aromatic nitrogens is 2. The first-order valence-corrected chi connectivity index (χ1v) is 8.72. The summed E-state index contributed by atoms with van der Waals surface area (Å²) in [6.45, 7) is 2.25. The van der Waals surface area contributed by atoms with Crippen molar-refractivity contribution in [2.75, 3.05) is 18.0 Å². The van der Waals surface area contributed by atoms with Crippen LogP contribution in [0.5, 0.6) is 5.75 Å². The smallest absolute Gasteiger partial charge is 0.280 e. The molecule has 1 atom stereocenters. The van der Waals surface area contributed by atoms with Crippen LogP contribution in [0.15, 0.2) is 29.3 Å². The lowest BCUT2D eigenvalue weighted by atomic mass is 10.0. The minimum absolute atomic E-state index is 0.0142. The first kappa shape index (κ1) is 18.4. The van der Waals surface area contributed by atoms with Gasteiger partial charge >= 0.3 is 0 Å². The van der Waals surface area contributed by atoms with Crippen molar-refractivity contribution in [3.8, 4) is 5.75 Å². The lowest BCUT2D eigenvalue weighted by Crippen LogP contribution is -2.42. The average Bonchev–Trinajstić information content (AvgIpc) is 3.07. The normalized spacial score (nSPS) is 15.9. The molecule has 0 bridgehead atoms. The van der Waals surface area contributed by atoms with Gasteiger partial charge in [0.05, 0.1) is 12.2 Å². The summed E-state index contributed by atoms with van der Waals surface area (Å²) in [6.07, 6.45) is 2.79. The van der Waals surface area contributed by atoms with Gasteiger partial charge in [0.2, 0.25) is 0 Å². The highest BCUT2D eigenvalue weighted by molar-refractivity contribution is 6.07. The number of phenols is 1. The third kappa shape index (κ3) is 4.63. The lowest BCUT2D eigenvalue weighted by Gasteiger charge is -2.12. The number of aliphatic imine (C=N–C) groups is 1. The van der Waals surface area contributed by atoms with Gasteiger partial charge in [-0.15, -0.1) is 0 Å². The van der Waals surface area contributed by atoms with Crippen molar-refractivity contribution < 1.29 is 9.90 Å². The second kappa shape index (κ2) is 7.90. The fourth-order valence-electron chi connectivity index (χ4n) is 2.82. The van der Waals surface area contributed by atoms with Crippen molar-refractivity contribution in [1.82, 2.24) is 20.6 Å². The van der Waals surface area contributed by atoms with E-state index >= 15 is 0 Å². The van der Waals surface area contributed by atoms with E-state index in [0.29, 0.717) is 18.2 Å².